The summed E-state index contributed by atoms with van der Waals surface area (Å²) in [5, 5.41) is 6.08. The smallest absolute Gasteiger partial charge is 0.339 e. The number of hydrogen-bond donors (Lipinski definition) is 1. The highest BCUT2D eigenvalue weighted by atomic mass is 16.5. The number of benzene rings is 2. The molecule has 5 heteroatoms. The van der Waals surface area contributed by atoms with E-state index in [0.29, 0.717) is 5.56 Å². The van der Waals surface area contributed by atoms with Crippen LogP contribution in [0.15, 0.2) is 53.7 Å². The first-order valence-electron chi connectivity index (χ1n) is 7.08. The van der Waals surface area contributed by atoms with Gasteiger partial charge < -0.3 is 10.1 Å². The molecule has 0 aliphatic rings. The van der Waals surface area contributed by atoms with Crippen LogP contribution in [-0.4, -0.2) is 19.6 Å². The van der Waals surface area contributed by atoms with Crippen LogP contribution < -0.4 is 5.32 Å². The molecule has 0 radical (unpaired) electrons. The summed E-state index contributed by atoms with van der Waals surface area (Å²) in [7, 11) is 1.82. The lowest BCUT2D eigenvalue weighted by Crippen LogP contribution is -2.14. The maximum atomic E-state index is 12.0. The van der Waals surface area contributed by atoms with Crippen LogP contribution in [-0.2, 0) is 9.53 Å². The molecule has 0 aliphatic heterocycles. The van der Waals surface area contributed by atoms with Crippen molar-refractivity contribution >= 4 is 11.7 Å². The van der Waals surface area contributed by atoms with E-state index in [1.807, 2.05) is 43.4 Å². The molecule has 2 rings (SSSR count). The zero-order valence-corrected chi connectivity index (χ0v) is 12.6. The molecule has 5 nitrogen and oxygen atoms in total. The summed E-state index contributed by atoms with van der Waals surface area (Å²) < 4.78 is 4.95. The van der Waals surface area contributed by atoms with Gasteiger partial charge in [0.2, 0.25) is 6.04 Å². The van der Waals surface area contributed by atoms with Gasteiger partial charge in [0.25, 0.3) is 0 Å². The van der Waals surface area contributed by atoms with E-state index in [4.69, 9.17) is 4.74 Å². The minimum atomic E-state index is -1.17. The number of para-hydroxylation sites is 1. The number of nitrogens with zero attached hydrogens (tertiary/aromatic N) is 1. The molecule has 1 unspecified atom stereocenters. The van der Waals surface area contributed by atoms with Gasteiger partial charge in [0.05, 0.1) is 6.61 Å². The standard InChI is InChI=1S/C17H18N2O3/c1-3-22-17(20)16(19-21)14-10-5-4-8-12(14)13-9-6-7-11-15(13)18-2/h4-11,16,18H,3H2,1-2H3. The second-order valence-electron chi connectivity index (χ2n) is 4.64. The summed E-state index contributed by atoms with van der Waals surface area (Å²) in [5.74, 6) is -0.633. The van der Waals surface area contributed by atoms with Crippen LogP contribution in [0.2, 0.25) is 0 Å². The Morgan fingerprint density at radius 2 is 1.77 bits per heavy atom. The maximum absolute atomic E-state index is 12.0. The van der Waals surface area contributed by atoms with E-state index in [1.165, 1.54) is 0 Å². The van der Waals surface area contributed by atoms with E-state index in [-0.39, 0.29) is 6.61 Å². The molecular weight excluding hydrogens is 280 g/mol. The van der Waals surface area contributed by atoms with Crippen LogP contribution in [0.4, 0.5) is 5.69 Å². The Morgan fingerprint density at radius 1 is 1.14 bits per heavy atom. The molecule has 22 heavy (non-hydrogen) atoms. The van der Waals surface area contributed by atoms with E-state index < -0.39 is 12.0 Å². The molecule has 114 valence electrons. The van der Waals surface area contributed by atoms with Crippen molar-refractivity contribution < 1.29 is 9.53 Å². The van der Waals surface area contributed by atoms with Gasteiger partial charge in [-0.2, -0.15) is 0 Å². The molecule has 0 heterocycles. The van der Waals surface area contributed by atoms with E-state index in [9.17, 15) is 9.70 Å². The first-order chi connectivity index (χ1) is 10.7. The highest BCUT2D eigenvalue weighted by Gasteiger charge is 2.26. The van der Waals surface area contributed by atoms with Gasteiger partial charge in [-0.15, -0.1) is 4.91 Å². The highest BCUT2D eigenvalue weighted by molar-refractivity contribution is 5.86. The predicted octanol–water partition coefficient (Wildman–Crippen LogP) is 3.77. The third-order valence-corrected chi connectivity index (χ3v) is 3.36. The molecule has 0 fully saturated rings. The largest absolute Gasteiger partial charge is 0.464 e. The van der Waals surface area contributed by atoms with Gasteiger partial charge in [-0.25, -0.2) is 4.79 Å². The molecule has 0 bridgehead atoms. The molecule has 1 atom stereocenters. The van der Waals surface area contributed by atoms with Crippen LogP contribution >= 0.6 is 0 Å². The van der Waals surface area contributed by atoms with Crippen molar-refractivity contribution in [3.8, 4) is 11.1 Å². The van der Waals surface area contributed by atoms with E-state index in [2.05, 4.69) is 10.5 Å². The molecule has 2 aromatic rings. The van der Waals surface area contributed by atoms with E-state index >= 15 is 0 Å². The lowest BCUT2D eigenvalue weighted by molar-refractivity contribution is -0.144. The number of esters is 1. The minimum absolute atomic E-state index is 0.208. The minimum Gasteiger partial charge on any atom is -0.464 e. The molecule has 0 aromatic heterocycles. The normalized spacial score (nSPS) is 11.5. The van der Waals surface area contributed by atoms with Crippen LogP contribution in [0.5, 0.6) is 0 Å². The fraction of sp³-hybridized carbons (Fsp3) is 0.235. The van der Waals surface area contributed by atoms with Crippen LogP contribution in [0.1, 0.15) is 18.5 Å². The second kappa shape index (κ2) is 7.36. The third kappa shape index (κ3) is 3.14. The number of nitrogens with one attached hydrogen (secondary N) is 1. The zero-order valence-electron chi connectivity index (χ0n) is 12.6. The van der Waals surface area contributed by atoms with Gasteiger partial charge >= 0.3 is 5.97 Å². The number of ether oxygens (including phenoxy) is 1. The van der Waals surface area contributed by atoms with Gasteiger partial charge in [0.15, 0.2) is 0 Å². The molecule has 0 saturated heterocycles. The van der Waals surface area contributed by atoms with Gasteiger partial charge in [0.1, 0.15) is 0 Å². The Labute approximate surface area is 129 Å². The third-order valence-electron chi connectivity index (χ3n) is 3.36. The topological polar surface area (TPSA) is 67.8 Å². The molecule has 0 amide bonds. The van der Waals surface area contributed by atoms with E-state index in [0.717, 1.165) is 16.8 Å². The highest BCUT2D eigenvalue weighted by Crippen LogP contribution is 2.34. The monoisotopic (exact) mass is 298 g/mol. The molecule has 0 saturated carbocycles. The number of nitroso groups, excluding NO2 is 1. The van der Waals surface area contributed by atoms with Crippen LogP contribution in [0, 0.1) is 4.91 Å². The quantitative estimate of drug-likeness (QED) is 0.651. The van der Waals surface area contributed by atoms with Gasteiger partial charge in [-0.3, -0.25) is 0 Å². The van der Waals surface area contributed by atoms with Crippen molar-refractivity contribution in [2.45, 2.75) is 13.0 Å². The molecular formula is C17H18N2O3. The Kier molecular flexibility index (Phi) is 5.25. The van der Waals surface area contributed by atoms with Crippen molar-refractivity contribution in [1.82, 2.24) is 0 Å². The molecule has 0 spiro atoms. The predicted molar refractivity (Wildman–Crippen MR) is 86.6 cm³/mol. The summed E-state index contributed by atoms with van der Waals surface area (Å²) in [4.78, 5) is 23.2. The Bertz CT molecular complexity index is 670. The Morgan fingerprint density at radius 3 is 2.41 bits per heavy atom. The lowest BCUT2D eigenvalue weighted by Gasteiger charge is -2.16. The summed E-state index contributed by atoms with van der Waals surface area (Å²) >= 11 is 0. The lowest BCUT2D eigenvalue weighted by atomic mass is 9.94. The fourth-order valence-corrected chi connectivity index (χ4v) is 2.36. The second-order valence-corrected chi connectivity index (χ2v) is 4.64. The zero-order chi connectivity index (χ0) is 15.9. The Balaban J connectivity index is 2.55. The summed E-state index contributed by atoms with van der Waals surface area (Å²) in [6.07, 6.45) is 0. The van der Waals surface area contributed by atoms with Gasteiger partial charge in [-0.05, 0) is 29.3 Å². The fourth-order valence-electron chi connectivity index (χ4n) is 2.36. The van der Waals surface area contributed by atoms with Crippen molar-refractivity contribution in [2.75, 3.05) is 19.0 Å². The van der Waals surface area contributed by atoms with E-state index in [1.54, 1.807) is 19.1 Å². The van der Waals surface area contributed by atoms with Gasteiger partial charge in [0, 0.05) is 18.3 Å². The molecule has 2 aromatic carbocycles. The maximum Gasteiger partial charge on any atom is 0.339 e. The van der Waals surface area contributed by atoms with Crippen LogP contribution in [0.25, 0.3) is 11.1 Å². The van der Waals surface area contributed by atoms with Crippen molar-refractivity contribution in [1.29, 1.82) is 0 Å². The average molecular weight is 298 g/mol. The number of carbonyl (C=O) groups is 1. The van der Waals surface area contributed by atoms with Crippen molar-refractivity contribution in [3.63, 3.8) is 0 Å². The van der Waals surface area contributed by atoms with Crippen LogP contribution in [0.3, 0.4) is 0 Å². The molecule has 0 aliphatic carbocycles. The summed E-state index contributed by atoms with van der Waals surface area (Å²) in [6, 6.07) is 13.7. The summed E-state index contributed by atoms with van der Waals surface area (Å²) in [5.41, 5.74) is 3.13. The number of carbonyl (C=O) groups excluding carboxylic acids is 1. The van der Waals surface area contributed by atoms with Crippen molar-refractivity contribution in [3.05, 3.63) is 59.0 Å². The first kappa shape index (κ1) is 15.7. The number of anilines is 1. The SMILES string of the molecule is CCOC(=O)C(N=O)c1ccccc1-c1ccccc1NC. The summed E-state index contributed by atoms with van der Waals surface area (Å²) in [6.45, 7) is 1.90. The Hall–Kier alpha value is -2.69. The van der Waals surface area contributed by atoms with Gasteiger partial charge in [-0.1, -0.05) is 42.5 Å². The van der Waals surface area contributed by atoms with Crippen molar-refractivity contribution in [2.24, 2.45) is 5.18 Å². The number of hydrogen-bond acceptors (Lipinski definition) is 5. The molecule has 1 N–H and O–H groups in total. The average Bonchev–Trinajstić information content (AvgIpc) is 2.56. The number of rotatable bonds is 6. The first-order valence-corrected chi connectivity index (χ1v) is 7.08.